The van der Waals surface area contributed by atoms with Gasteiger partial charge >= 0.3 is 0 Å². The summed E-state index contributed by atoms with van der Waals surface area (Å²) in [4.78, 5) is 0. The lowest BCUT2D eigenvalue weighted by molar-refractivity contribution is 0.658. The van der Waals surface area contributed by atoms with Gasteiger partial charge in [-0.1, -0.05) is 108 Å². The molecule has 0 N–H and O–H groups in total. The molecule has 194 valence electrons. The fraction of sp³-hybridized carbons (Fsp3) is 0.389. The van der Waals surface area contributed by atoms with Crippen molar-refractivity contribution in [1.29, 1.82) is 0 Å². The quantitative estimate of drug-likeness (QED) is 0.268. The zero-order valence-corrected chi connectivity index (χ0v) is 24.5. The lowest BCUT2D eigenvalue weighted by atomic mass is 9.97. The van der Waals surface area contributed by atoms with E-state index in [-0.39, 0.29) is 0 Å². The van der Waals surface area contributed by atoms with E-state index in [0.717, 1.165) is 19.3 Å². The molecule has 0 spiro atoms. The molecule has 0 nitrogen and oxygen atoms in total. The van der Waals surface area contributed by atoms with Crippen LogP contribution >= 0.6 is 0 Å². The molecular weight excluding hydrogens is 432 g/mol. The second-order valence-corrected chi connectivity index (χ2v) is 8.71. The maximum Gasteiger partial charge on any atom is -0.00775 e. The van der Waals surface area contributed by atoms with Gasteiger partial charge < -0.3 is 0 Å². The monoisotopic (exact) mass is 482 g/mol. The van der Waals surface area contributed by atoms with Crippen molar-refractivity contribution in [3.8, 4) is 0 Å². The minimum absolute atomic E-state index is 0.708. The Labute approximate surface area is 223 Å². The van der Waals surface area contributed by atoms with Gasteiger partial charge in [-0.25, -0.2) is 0 Å². The standard InChI is InChI=1S/C25H24.C7H14.2C2H6/c1-20-8-6-10-22(15-14-20)11-7-12-23-16-18-24(19-17-23)25-13-5-3-4-9-21(25)2;1-5-7(4)6(2)3;2*1-2/h3-4,6,9-10,13-19H,7,11-12H2,1-2H3;7H,2,5H2,1,3-4H3;2*1-2H3. The molecule has 0 bridgehead atoms. The number of allylic oxidation sites excluding steroid dienone is 11. The van der Waals surface area contributed by atoms with Gasteiger partial charge in [0.25, 0.3) is 0 Å². The van der Waals surface area contributed by atoms with Crippen molar-refractivity contribution in [2.24, 2.45) is 5.92 Å². The van der Waals surface area contributed by atoms with Crippen LogP contribution in [0.2, 0.25) is 0 Å². The highest BCUT2D eigenvalue weighted by atomic mass is 14.1. The van der Waals surface area contributed by atoms with Crippen LogP contribution in [0.15, 0.2) is 113 Å². The molecule has 0 saturated carbocycles. The van der Waals surface area contributed by atoms with Crippen LogP contribution in [0.25, 0.3) is 5.57 Å². The molecule has 1 aromatic carbocycles. The number of rotatable bonds is 7. The van der Waals surface area contributed by atoms with Crippen molar-refractivity contribution in [3.05, 3.63) is 124 Å². The van der Waals surface area contributed by atoms with E-state index in [1.165, 1.54) is 45.4 Å². The van der Waals surface area contributed by atoms with Crippen LogP contribution in [0.3, 0.4) is 0 Å². The Morgan fingerprint density at radius 3 is 2.17 bits per heavy atom. The summed E-state index contributed by atoms with van der Waals surface area (Å²) in [5.41, 5.74) is 15.5. The fourth-order valence-corrected chi connectivity index (χ4v) is 3.37. The molecule has 0 amide bonds. The second-order valence-electron chi connectivity index (χ2n) is 8.71. The average molecular weight is 483 g/mol. The van der Waals surface area contributed by atoms with E-state index < -0.39 is 0 Å². The Morgan fingerprint density at radius 2 is 1.58 bits per heavy atom. The number of benzene rings is 1. The number of aryl methyl sites for hydroxylation is 1. The third-order valence-corrected chi connectivity index (χ3v) is 6.00. The summed E-state index contributed by atoms with van der Waals surface area (Å²) in [6.45, 7) is 22.5. The summed E-state index contributed by atoms with van der Waals surface area (Å²) in [7, 11) is 0. The molecule has 3 rings (SSSR count). The van der Waals surface area contributed by atoms with E-state index in [2.05, 4.69) is 107 Å². The SMILES string of the molecule is C=C(C)C(C)CC.CC.CC.CC1=C=CC=C(CCCc2ccc(C3=C(C)C=CC=C=C3)cc2)C=C1. The predicted molar refractivity (Wildman–Crippen MR) is 165 cm³/mol. The third kappa shape index (κ3) is 13.2. The van der Waals surface area contributed by atoms with Gasteiger partial charge in [-0.15, -0.1) is 11.5 Å². The molecule has 0 radical (unpaired) electrons. The maximum absolute atomic E-state index is 3.83. The molecule has 1 aromatic rings. The molecule has 0 heteroatoms. The van der Waals surface area contributed by atoms with Crippen molar-refractivity contribution in [2.75, 3.05) is 0 Å². The molecule has 2 aliphatic carbocycles. The molecule has 1 unspecified atom stereocenters. The summed E-state index contributed by atoms with van der Waals surface area (Å²) >= 11 is 0. The molecule has 0 fully saturated rings. The summed E-state index contributed by atoms with van der Waals surface area (Å²) in [6, 6.07) is 8.97. The van der Waals surface area contributed by atoms with Crippen molar-refractivity contribution in [3.63, 3.8) is 0 Å². The Morgan fingerprint density at radius 1 is 0.917 bits per heavy atom. The lowest BCUT2D eigenvalue weighted by Crippen LogP contribution is -1.89. The highest BCUT2D eigenvalue weighted by Gasteiger charge is 2.03. The molecular formula is C36H50. The van der Waals surface area contributed by atoms with Crippen molar-refractivity contribution in [2.45, 2.75) is 88.0 Å². The van der Waals surface area contributed by atoms with Crippen LogP contribution < -0.4 is 0 Å². The highest BCUT2D eigenvalue weighted by molar-refractivity contribution is 5.78. The minimum Gasteiger partial charge on any atom is -0.120 e. The van der Waals surface area contributed by atoms with Crippen LogP contribution in [-0.4, -0.2) is 0 Å². The predicted octanol–water partition coefficient (Wildman–Crippen LogP) is 11.3. The van der Waals surface area contributed by atoms with Gasteiger partial charge in [0.2, 0.25) is 0 Å². The van der Waals surface area contributed by atoms with Gasteiger partial charge in [-0.05, 0) is 104 Å². The van der Waals surface area contributed by atoms with Crippen LogP contribution in [0, 0.1) is 5.92 Å². The Hall–Kier alpha value is -3.04. The van der Waals surface area contributed by atoms with E-state index in [1.807, 2.05) is 45.9 Å². The Balaban J connectivity index is 0.000000952. The maximum atomic E-state index is 3.83. The Bertz CT molecular complexity index is 1030. The first-order valence-corrected chi connectivity index (χ1v) is 13.8. The summed E-state index contributed by atoms with van der Waals surface area (Å²) in [5, 5.41) is 0. The Kier molecular flexibility index (Phi) is 18.5. The van der Waals surface area contributed by atoms with E-state index in [0.29, 0.717) is 5.92 Å². The summed E-state index contributed by atoms with van der Waals surface area (Å²) in [6.07, 6.45) is 21.3. The molecule has 2 aliphatic rings. The van der Waals surface area contributed by atoms with Crippen LogP contribution in [0.5, 0.6) is 0 Å². The highest BCUT2D eigenvalue weighted by Crippen LogP contribution is 2.23. The molecule has 1 atom stereocenters. The van der Waals surface area contributed by atoms with Gasteiger partial charge in [0.1, 0.15) is 0 Å². The first-order valence-electron chi connectivity index (χ1n) is 13.8. The van der Waals surface area contributed by atoms with Gasteiger partial charge in [0, 0.05) is 0 Å². The molecule has 0 heterocycles. The van der Waals surface area contributed by atoms with Crippen LogP contribution in [-0.2, 0) is 6.42 Å². The van der Waals surface area contributed by atoms with Crippen LogP contribution in [0.1, 0.15) is 92.7 Å². The van der Waals surface area contributed by atoms with Crippen molar-refractivity contribution >= 4 is 5.57 Å². The van der Waals surface area contributed by atoms with Gasteiger partial charge in [0.15, 0.2) is 0 Å². The summed E-state index contributed by atoms with van der Waals surface area (Å²) in [5.74, 6) is 0.708. The van der Waals surface area contributed by atoms with Gasteiger partial charge in [0.05, 0.1) is 0 Å². The van der Waals surface area contributed by atoms with Crippen molar-refractivity contribution < 1.29 is 0 Å². The van der Waals surface area contributed by atoms with E-state index >= 15 is 0 Å². The molecule has 0 aliphatic heterocycles. The zero-order valence-electron chi connectivity index (χ0n) is 24.5. The lowest BCUT2D eigenvalue weighted by Gasteiger charge is -2.07. The van der Waals surface area contributed by atoms with Gasteiger partial charge in [-0.3, -0.25) is 0 Å². The second kappa shape index (κ2) is 20.2. The zero-order chi connectivity index (χ0) is 27.3. The number of hydrogen-bond acceptors (Lipinski definition) is 0. The van der Waals surface area contributed by atoms with Gasteiger partial charge in [-0.2, -0.15) is 0 Å². The normalized spacial score (nSPS) is 14.0. The molecule has 36 heavy (non-hydrogen) atoms. The summed E-state index contributed by atoms with van der Waals surface area (Å²) < 4.78 is 0. The van der Waals surface area contributed by atoms with Crippen molar-refractivity contribution in [1.82, 2.24) is 0 Å². The molecule has 0 aromatic heterocycles. The topological polar surface area (TPSA) is 0 Å². The van der Waals surface area contributed by atoms with E-state index in [1.54, 1.807) is 0 Å². The van der Waals surface area contributed by atoms with E-state index in [4.69, 9.17) is 0 Å². The average Bonchev–Trinajstić information content (AvgIpc) is 3.26. The minimum atomic E-state index is 0.708. The first kappa shape index (κ1) is 33.0. The number of hydrogen-bond donors (Lipinski definition) is 0. The largest absolute Gasteiger partial charge is 0.120 e. The third-order valence-electron chi connectivity index (χ3n) is 6.00. The van der Waals surface area contributed by atoms with E-state index in [9.17, 15) is 0 Å². The first-order chi connectivity index (χ1) is 17.4. The molecule has 0 saturated heterocycles. The fourth-order valence-electron chi connectivity index (χ4n) is 3.37. The smallest absolute Gasteiger partial charge is 0.00775 e. The van der Waals surface area contributed by atoms with Crippen LogP contribution in [0.4, 0.5) is 0 Å².